The molecule has 1 amide bonds. The van der Waals surface area contributed by atoms with Crippen LogP contribution in [0.5, 0.6) is 0 Å². The van der Waals surface area contributed by atoms with Gasteiger partial charge in [-0.15, -0.1) is 24.2 Å². The Morgan fingerprint density at radius 3 is 2.29 bits per heavy atom. The van der Waals surface area contributed by atoms with E-state index in [-0.39, 0.29) is 23.7 Å². The lowest BCUT2D eigenvalue weighted by atomic mass is 10.0. The zero-order chi connectivity index (χ0) is 21.1. The molecule has 2 atom stereocenters. The van der Waals surface area contributed by atoms with Gasteiger partial charge in [0.2, 0.25) is 5.91 Å². The maximum atomic E-state index is 13.4. The van der Waals surface area contributed by atoms with Gasteiger partial charge in [0, 0.05) is 5.75 Å². The first kappa shape index (κ1) is 23.1. The predicted octanol–water partition coefficient (Wildman–Crippen LogP) is 4.20. The van der Waals surface area contributed by atoms with Gasteiger partial charge in [-0.2, -0.15) is 0 Å². The van der Waals surface area contributed by atoms with Gasteiger partial charge in [-0.25, -0.2) is 4.79 Å². The molecule has 162 valence electrons. The number of nitrogens with zero attached hydrogens (tertiary/aromatic N) is 1. The van der Waals surface area contributed by atoms with E-state index in [1.807, 2.05) is 79.7 Å². The Morgan fingerprint density at radius 2 is 1.74 bits per heavy atom. The lowest BCUT2D eigenvalue weighted by Crippen LogP contribution is -2.68. The molecule has 5 nitrogen and oxygen atoms in total. The van der Waals surface area contributed by atoms with Crippen LogP contribution in [-0.2, 0) is 14.3 Å². The molecule has 2 aromatic carbocycles. The summed E-state index contributed by atoms with van der Waals surface area (Å²) in [6.07, 6.45) is 4.17. The van der Waals surface area contributed by atoms with Gasteiger partial charge in [0.05, 0.1) is 0 Å². The predicted molar refractivity (Wildman–Crippen MR) is 126 cm³/mol. The number of hydrogen-bond donors (Lipinski definition) is 1. The number of benzene rings is 2. The number of allylic oxidation sites excluding steroid dienone is 2. The van der Waals surface area contributed by atoms with E-state index in [0.717, 1.165) is 23.1 Å². The van der Waals surface area contributed by atoms with Gasteiger partial charge in [-0.05, 0) is 23.1 Å². The quantitative estimate of drug-likeness (QED) is 0.521. The maximum Gasteiger partial charge on any atom is 0.356 e. The Bertz CT molecular complexity index is 955. The smallest absolute Gasteiger partial charge is 0.356 e. The van der Waals surface area contributed by atoms with Crippen molar-refractivity contribution >= 4 is 36.0 Å². The molecule has 0 saturated carbocycles. The van der Waals surface area contributed by atoms with Gasteiger partial charge >= 0.3 is 5.97 Å². The molecule has 2 aromatic rings. The van der Waals surface area contributed by atoms with E-state index < -0.39 is 18.1 Å². The number of fused-ring (bicyclic) bond motifs is 1. The van der Waals surface area contributed by atoms with Gasteiger partial charge < -0.3 is 10.5 Å². The Hall–Kier alpha value is -2.54. The highest BCUT2D eigenvalue weighted by molar-refractivity contribution is 8.00. The summed E-state index contributed by atoms with van der Waals surface area (Å²) in [6.45, 7) is 2.03. The number of carbonyl (C=O) groups is 2. The highest BCUT2D eigenvalue weighted by Crippen LogP contribution is 2.41. The van der Waals surface area contributed by atoms with Gasteiger partial charge in [-0.3, -0.25) is 9.69 Å². The number of amides is 1. The first-order chi connectivity index (χ1) is 14.6. The molecule has 0 bridgehead atoms. The standard InChI is InChI=1S/C24H24N2O3S.ClH/c1-2-3-10-18-15-30-23-19(25)22(27)26(23)20(18)24(28)29-21(16-11-6-4-7-12-16)17-13-8-5-9-14-17;/h3-14,19,21,23H,2,15,25H2,1H3;1H/b10-3-;/t19?,23-;/m0./s1. The van der Waals surface area contributed by atoms with Crippen molar-refractivity contribution < 1.29 is 14.3 Å². The Morgan fingerprint density at radius 1 is 1.16 bits per heavy atom. The molecular weight excluding hydrogens is 432 g/mol. The fraction of sp³-hybridized carbons (Fsp3) is 0.250. The summed E-state index contributed by atoms with van der Waals surface area (Å²) in [7, 11) is 0. The van der Waals surface area contributed by atoms with Crippen LogP contribution in [0.2, 0.25) is 0 Å². The minimum atomic E-state index is -0.575. The summed E-state index contributed by atoms with van der Waals surface area (Å²) >= 11 is 1.58. The van der Waals surface area contributed by atoms with E-state index in [2.05, 4.69) is 0 Å². The highest BCUT2D eigenvalue weighted by Gasteiger charge is 2.52. The SMILES string of the molecule is CC/C=C\C1=C(C(=O)OC(c2ccccc2)c2ccccc2)N2C(=O)C(N)[C@@H]2SC1.Cl. The van der Waals surface area contributed by atoms with Gasteiger partial charge in [0.1, 0.15) is 17.1 Å². The number of carbonyl (C=O) groups excluding carboxylic acids is 2. The Labute approximate surface area is 192 Å². The number of ether oxygens (including phenoxy) is 1. The van der Waals surface area contributed by atoms with E-state index in [1.165, 1.54) is 4.90 Å². The van der Waals surface area contributed by atoms with Crippen LogP contribution >= 0.6 is 24.2 Å². The van der Waals surface area contributed by atoms with E-state index in [9.17, 15) is 9.59 Å². The molecule has 1 unspecified atom stereocenters. The number of rotatable bonds is 6. The minimum Gasteiger partial charge on any atom is -0.448 e. The third kappa shape index (κ3) is 4.56. The van der Waals surface area contributed by atoms with Crippen LogP contribution in [0.25, 0.3) is 0 Å². The van der Waals surface area contributed by atoms with Crippen LogP contribution in [0.3, 0.4) is 0 Å². The number of nitrogens with two attached hydrogens (primary N) is 1. The van der Waals surface area contributed by atoms with Crippen molar-refractivity contribution in [1.29, 1.82) is 0 Å². The lowest BCUT2D eigenvalue weighted by Gasteiger charge is -2.48. The van der Waals surface area contributed by atoms with Crippen molar-refractivity contribution in [2.75, 3.05) is 5.75 Å². The minimum absolute atomic E-state index is 0. The number of thioether (sulfide) groups is 1. The molecule has 0 aliphatic carbocycles. The fourth-order valence-electron chi connectivity index (χ4n) is 3.66. The molecule has 2 aliphatic heterocycles. The van der Waals surface area contributed by atoms with Crippen LogP contribution in [0.1, 0.15) is 30.6 Å². The Balaban J connectivity index is 0.00000272. The summed E-state index contributed by atoms with van der Waals surface area (Å²) in [5, 5.41) is -0.217. The van der Waals surface area contributed by atoms with E-state index in [0.29, 0.717) is 11.4 Å². The van der Waals surface area contributed by atoms with E-state index in [4.69, 9.17) is 10.5 Å². The number of β-lactam (4-membered cyclic amide) rings is 1. The van der Waals surface area contributed by atoms with Crippen LogP contribution in [0.15, 0.2) is 84.1 Å². The highest BCUT2D eigenvalue weighted by atomic mass is 35.5. The third-order valence-corrected chi connectivity index (χ3v) is 6.54. The fourth-order valence-corrected chi connectivity index (χ4v) is 4.93. The largest absolute Gasteiger partial charge is 0.448 e. The molecule has 2 N–H and O–H groups in total. The maximum absolute atomic E-state index is 13.4. The molecule has 0 radical (unpaired) electrons. The molecule has 1 saturated heterocycles. The molecule has 0 aromatic heterocycles. The van der Waals surface area contributed by atoms with Crippen molar-refractivity contribution in [3.05, 3.63) is 95.2 Å². The van der Waals surface area contributed by atoms with Crippen LogP contribution in [0.4, 0.5) is 0 Å². The molecule has 4 rings (SSSR count). The van der Waals surface area contributed by atoms with Crippen molar-refractivity contribution in [3.8, 4) is 0 Å². The van der Waals surface area contributed by atoms with E-state index in [1.54, 1.807) is 11.8 Å². The summed E-state index contributed by atoms with van der Waals surface area (Å²) in [5.74, 6) is -0.128. The summed E-state index contributed by atoms with van der Waals surface area (Å²) < 4.78 is 6.03. The van der Waals surface area contributed by atoms with E-state index >= 15 is 0 Å². The van der Waals surface area contributed by atoms with Crippen LogP contribution in [-0.4, -0.2) is 33.9 Å². The zero-order valence-corrected chi connectivity index (χ0v) is 18.8. The average Bonchev–Trinajstić information content (AvgIpc) is 2.81. The molecular formula is C24H25ClN2O3S. The second kappa shape index (κ2) is 10.2. The number of esters is 1. The second-order valence-electron chi connectivity index (χ2n) is 7.23. The topological polar surface area (TPSA) is 72.6 Å². The molecule has 2 aliphatic rings. The molecule has 0 spiro atoms. The van der Waals surface area contributed by atoms with Crippen LogP contribution < -0.4 is 5.73 Å². The zero-order valence-electron chi connectivity index (χ0n) is 17.1. The summed E-state index contributed by atoms with van der Waals surface area (Å²) in [4.78, 5) is 27.4. The van der Waals surface area contributed by atoms with Gasteiger partial charge in [-0.1, -0.05) is 79.7 Å². The summed E-state index contributed by atoms with van der Waals surface area (Å²) in [6, 6.07) is 18.7. The Kier molecular flexibility index (Phi) is 7.59. The van der Waals surface area contributed by atoms with Crippen molar-refractivity contribution in [2.24, 2.45) is 5.73 Å². The van der Waals surface area contributed by atoms with Crippen molar-refractivity contribution in [3.63, 3.8) is 0 Å². The van der Waals surface area contributed by atoms with Gasteiger partial charge in [0.25, 0.3) is 0 Å². The molecule has 1 fully saturated rings. The van der Waals surface area contributed by atoms with Crippen LogP contribution in [0, 0.1) is 0 Å². The lowest BCUT2D eigenvalue weighted by molar-refractivity contribution is -0.153. The second-order valence-corrected chi connectivity index (χ2v) is 8.33. The third-order valence-electron chi connectivity index (χ3n) is 5.22. The molecule has 7 heteroatoms. The average molecular weight is 457 g/mol. The number of hydrogen-bond acceptors (Lipinski definition) is 5. The normalized spacial score (nSPS) is 20.4. The molecule has 2 heterocycles. The molecule has 31 heavy (non-hydrogen) atoms. The van der Waals surface area contributed by atoms with Crippen molar-refractivity contribution in [2.45, 2.75) is 30.9 Å². The number of halogens is 1. The van der Waals surface area contributed by atoms with Crippen molar-refractivity contribution in [1.82, 2.24) is 4.90 Å². The first-order valence-electron chi connectivity index (χ1n) is 10.0. The monoisotopic (exact) mass is 456 g/mol. The first-order valence-corrected chi connectivity index (χ1v) is 11.1. The summed E-state index contributed by atoms with van der Waals surface area (Å²) in [5.41, 5.74) is 8.81. The van der Waals surface area contributed by atoms with Gasteiger partial charge in [0.15, 0.2) is 6.10 Å².